The predicted octanol–water partition coefficient (Wildman–Crippen LogP) is -3.74. The number of hydrogen-bond acceptors (Lipinski definition) is 6. The van der Waals surface area contributed by atoms with E-state index >= 15 is 0 Å². The number of nitrogens with one attached hydrogen (secondary N) is 2. The van der Waals surface area contributed by atoms with Crippen LogP contribution in [0.2, 0.25) is 0 Å². The van der Waals surface area contributed by atoms with Gasteiger partial charge in [0.2, 0.25) is 17.7 Å². The molecule has 0 aliphatic heterocycles. The first-order valence-electron chi connectivity index (χ1n) is 5.67. The van der Waals surface area contributed by atoms with Crippen molar-refractivity contribution in [2.75, 3.05) is 6.61 Å². The molecule has 0 bridgehead atoms. The van der Waals surface area contributed by atoms with Crippen molar-refractivity contribution in [3.05, 3.63) is 0 Å². The Morgan fingerprint density at radius 2 is 1.60 bits per heavy atom. The molecule has 0 aliphatic rings. The lowest BCUT2D eigenvalue weighted by Gasteiger charge is -2.20. The number of carbonyl (C=O) groups excluding carboxylic acids is 3. The highest BCUT2D eigenvalue weighted by atomic mass is 16.4. The molecule has 0 unspecified atom stereocenters. The average molecular weight is 290 g/mol. The van der Waals surface area contributed by atoms with Crippen LogP contribution in [0.4, 0.5) is 0 Å². The van der Waals surface area contributed by atoms with Crippen LogP contribution < -0.4 is 22.1 Å². The van der Waals surface area contributed by atoms with Gasteiger partial charge in [-0.1, -0.05) is 0 Å². The highest BCUT2D eigenvalue weighted by Crippen LogP contribution is 1.94. The molecule has 0 rings (SSSR count). The van der Waals surface area contributed by atoms with Crippen molar-refractivity contribution in [1.29, 1.82) is 0 Å². The number of carbonyl (C=O) groups is 4. The van der Waals surface area contributed by atoms with Gasteiger partial charge in [-0.2, -0.15) is 0 Å². The third-order valence-electron chi connectivity index (χ3n) is 2.25. The van der Waals surface area contributed by atoms with Gasteiger partial charge in [0.1, 0.15) is 12.1 Å². The van der Waals surface area contributed by atoms with Gasteiger partial charge in [0.15, 0.2) is 0 Å². The summed E-state index contributed by atoms with van der Waals surface area (Å²) in [6.45, 7) is 0.613. The van der Waals surface area contributed by atoms with Gasteiger partial charge in [0, 0.05) is 0 Å². The second-order valence-electron chi connectivity index (χ2n) is 4.10. The Morgan fingerprint density at radius 1 is 1.10 bits per heavy atom. The second-order valence-corrected chi connectivity index (χ2v) is 4.10. The molecule has 3 atom stereocenters. The van der Waals surface area contributed by atoms with Crippen molar-refractivity contribution in [2.24, 2.45) is 11.5 Å². The average Bonchev–Trinajstić information content (AvgIpc) is 2.33. The van der Waals surface area contributed by atoms with Crippen molar-refractivity contribution in [3.63, 3.8) is 0 Å². The van der Waals surface area contributed by atoms with Crippen molar-refractivity contribution in [1.82, 2.24) is 10.6 Å². The summed E-state index contributed by atoms with van der Waals surface area (Å²) in [5, 5.41) is 21.9. The van der Waals surface area contributed by atoms with E-state index in [9.17, 15) is 19.2 Å². The quantitative estimate of drug-likeness (QED) is 0.265. The van der Waals surface area contributed by atoms with Crippen LogP contribution in [0.25, 0.3) is 0 Å². The topological polar surface area (TPSA) is 185 Å². The molecule has 0 aromatic rings. The largest absolute Gasteiger partial charge is 0.480 e. The van der Waals surface area contributed by atoms with Crippen LogP contribution in [0.15, 0.2) is 0 Å². The highest BCUT2D eigenvalue weighted by Gasteiger charge is 2.27. The van der Waals surface area contributed by atoms with Gasteiger partial charge >= 0.3 is 5.97 Å². The molecule has 20 heavy (non-hydrogen) atoms. The maximum atomic E-state index is 11.7. The fourth-order valence-electron chi connectivity index (χ4n) is 1.17. The fourth-order valence-corrected chi connectivity index (χ4v) is 1.17. The number of rotatable bonds is 8. The van der Waals surface area contributed by atoms with Crippen LogP contribution in [-0.2, 0) is 19.2 Å². The molecular formula is C10H18N4O6. The molecule has 10 heteroatoms. The number of primary amides is 1. The van der Waals surface area contributed by atoms with Gasteiger partial charge < -0.3 is 32.3 Å². The maximum absolute atomic E-state index is 11.7. The Hall–Kier alpha value is -2.20. The van der Waals surface area contributed by atoms with Gasteiger partial charge in [-0.05, 0) is 6.92 Å². The standard InChI is InChI=1S/C10H18N4O6/c1-4(11)8(17)14-6(3-15)9(18)13-5(10(19)20)2-7(12)16/h4-6,15H,2-3,11H2,1H3,(H2,12,16)(H,13,18)(H,14,17)(H,19,20)/t4-,5-,6+/m0/s1. The number of amides is 3. The van der Waals surface area contributed by atoms with Gasteiger partial charge in [-0.3, -0.25) is 14.4 Å². The molecule has 0 saturated carbocycles. The first kappa shape index (κ1) is 17.8. The monoisotopic (exact) mass is 290 g/mol. The minimum Gasteiger partial charge on any atom is -0.480 e. The zero-order valence-electron chi connectivity index (χ0n) is 10.8. The number of aliphatic hydroxyl groups excluding tert-OH is 1. The number of carboxylic acid groups (broad SMARTS) is 1. The smallest absolute Gasteiger partial charge is 0.326 e. The summed E-state index contributed by atoms with van der Waals surface area (Å²) in [6, 6.07) is -3.82. The predicted molar refractivity (Wildman–Crippen MR) is 66.0 cm³/mol. The lowest BCUT2D eigenvalue weighted by molar-refractivity contribution is -0.144. The number of aliphatic hydroxyl groups is 1. The molecule has 3 amide bonds. The van der Waals surface area contributed by atoms with E-state index in [0.717, 1.165) is 0 Å². The molecule has 0 fully saturated rings. The van der Waals surface area contributed by atoms with E-state index in [1.165, 1.54) is 6.92 Å². The van der Waals surface area contributed by atoms with E-state index < -0.39 is 54.8 Å². The fraction of sp³-hybridized carbons (Fsp3) is 0.600. The van der Waals surface area contributed by atoms with Crippen LogP contribution in [0.3, 0.4) is 0 Å². The van der Waals surface area contributed by atoms with Crippen molar-refractivity contribution >= 4 is 23.7 Å². The Balaban J connectivity index is 4.70. The number of nitrogens with two attached hydrogens (primary N) is 2. The summed E-state index contributed by atoms with van der Waals surface area (Å²) in [7, 11) is 0. The third-order valence-corrected chi connectivity index (χ3v) is 2.25. The molecule has 0 aromatic heterocycles. The Kier molecular flexibility index (Phi) is 7.18. The lowest BCUT2D eigenvalue weighted by atomic mass is 10.1. The third kappa shape index (κ3) is 6.11. The SMILES string of the molecule is C[C@H](N)C(=O)N[C@H](CO)C(=O)N[C@@H](CC(N)=O)C(=O)O. The Morgan fingerprint density at radius 3 is 1.95 bits per heavy atom. The van der Waals surface area contributed by atoms with Crippen LogP contribution in [0.5, 0.6) is 0 Å². The maximum Gasteiger partial charge on any atom is 0.326 e. The summed E-state index contributed by atoms with van der Waals surface area (Å²) in [5.41, 5.74) is 10.1. The van der Waals surface area contributed by atoms with E-state index in [0.29, 0.717) is 0 Å². The van der Waals surface area contributed by atoms with Crippen molar-refractivity contribution < 1.29 is 29.4 Å². The molecule has 0 aromatic carbocycles. The van der Waals surface area contributed by atoms with Gasteiger partial charge in [-0.15, -0.1) is 0 Å². The van der Waals surface area contributed by atoms with E-state index in [1.54, 1.807) is 0 Å². The molecule has 0 saturated heterocycles. The first-order chi connectivity index (χ1) is 9.18. The first-order valence-corrected chi connectivity index (χ1v) is 5.67. The van der Waals surface area contributed by atoms with Crippen molar-refractivity contribution in [3.8, 4) is 0 Å². The van der Waals surface area contributed by atoms with Gasteiger partial charge in [-0.25, -0.2) is 4.79 Å². The van der Waals surface area contributed by atoms with E-state index in [4.69, 9.17) is 21.7 Å². The normalized spacial score (nSPS) is 14.8. The van der Waals surface area contributed by atoms with Crippen LogP contribution in [-0.4, -0.2) is 58.6 Å². The molecule has 0 spiro atoms. The molecule has 8 N–H and O–H groups in total. The summed E-state index contributed by atoms with van der Waals surface area (Å²) in [5.74, 6) is -4.04. The van der Waals surface area contributed by atoms with E-state index in [1.807, 2.05) is 5.32 Å². The minimum atomic E-state index is -1.54. The van der Waals surface area contributed by atoms with E-state index in [-0.39, 0.29) is 0 Å². The van der Waals surface area contributed by atoms with Crippen LogP contribution in [0, 0.1) is 0 Å². The van der Waals surface area contributed by atoms with E-state index in [2.05, 4.69) is 5.32 Å². The molecular weight excluding hydrogens is 272 g/mol. The molecule has 10 nitrogen and oxygen atoms in total. The van der Waals surface area contributed by atoms with Crippen LogP contribution >= 0.6 is 0 Å². The zero-order valence-corrected chi connectivity index (χ0v) is 10.8. The zero-order chi connectivity index (χ0) is 15.9. The summed E-state index contributed by atoms with van der Waals surface area (Å²) in [6.07, 6.45) is -0.611. The summed E-state index contributed by atoms with van der Waals surface area (Å²) in [4.78, 5) is 44.5. The molecule has 0 heterocycles. The minimum absolute atomic E-state index is 0.611. The Bertz CT molecular complexity index is 397. The van der Waals surface area contributed by atoms with Crippen molar-refractivity contribution in [2.45, 2.75) is 31.5 Å². The van der Waals surface area contributed by atoms with Gasteiger partial charge in [0.25, 0.3) is 0 Å². The van der Waals surface area contributed by atoms with Gasteiger partial charge in [0.05, 0.1) is 19.1 Å². The Labute approximate surface area is 114 Å². The number of aliphatic carboxylic acids is 1. The number of carboxylic acids is 1. The number of hydrogen-bond donors (Lipinski definition) is 6. The van der Waals surface area contributed by atoms with Crippen LogP contribution in [0.1, 0.15) is 13.3 Å². The lowest BCUT2D eigenvalue weighted by Crippen LogP contribution is -2.55. The molecule has 0 radical (unpaired) electrons. The molecule has 114 valence electrons. The summed E-state index contributed by atoms with van der Waals surface area (Å²) >= 11 is 0. The summed E-state index contributed by atoms with van der Waals surface area (Å²) < 4.78 is 0. The molecule has 0 aliphatic carbocycles. The highest BCUT2D eigenvalue weighted by molar-refractivity contribution is 5.93. The second kappa shape index (κ2) is 8.07.